The van der Waals surface area contributed by atoms with Gasteiger partial charge in [0.25, 0.3) is 11.2 Å². The minimum Gasteiger partial charge on any atom is -0.461 e. The standard InChI is InChI=1S/C15H9N5O5/c21-15-10-6-9(20(22)23)3-4-11(10)16-8-19(15)7-13-17-14(18-25-13)12-2-1-5-24-12/h1-6,8H,7H2. The van der Waals surface area contributed by atoms with Crippen molar-refractivity contribution in [2.45, 2.75) is 6.54 Å². The summed E-state index contributed by atoms with van der Waals surface area (Å²) in [6, 6.07) is 7.30. The third-order valence-corrected chi connectivity index (χ3v) is 3.53. The number of hydrogen-bond donors (Lipinski definition) is 0. The molecule has 10 heteroatoms. The summed E-state index contributed by atoms with van der Waals surface area (Å²) in [6.07, 6.45) is 2.81. The van der Waals surface area contributed by atoms with Crippen molar-refractivity contribution in [3.05, 3.63) is 69.3 Å². The largest absolute Gasteiger partial charge is 0.461 e. The van der Waals surface area contributed by atoms with E-state index in [4.69, 9.17) is 8.94 Å². The summed E-state index contributed by atoms with van der Waals surface area (Å²) in [4.78, 5) is 31.1. The summed E-state index contributed by atoms with van der Waals surface area (Å²) in [7, 11) is 0. The SMILES string of the molecule is O=c1c2cc([N+](=O)[O-])ccc2ncn1Cc1nc(-c2ccco2)no1. The fourth-order valence-electron chi connectivity index (χ4n) is 2.34. The average molecular weight is 339 g/mol. The summed E-state index contributed by atoms with van der Waals surface area (Å²) in [6.45, 7) is -0.0157. The number of rotatable bonds is 4. The lowest BCUT2D eigenvalue weighted by molar-refractivity contribution is -0.384. The van der Waals surface area contributed by atoms with Crippen LogP contribution >= 0.6 is 0 Å². The molecule has 0 unspecified atom stereocenters. The van der Waals surface area contributed by atoms with Crippen molar-refractivity contribution in [3.8, 4) is 11.6 Å². The fourth-order valence-corrected chi connectivity index (χ4v) is 2.34. The number of furan rings is 1. The van der Waals surface area contributed by atoms with Gasteiger partial charge in [-0.3, -0.25) is 19.5 Å². The lowest BCUT2D eigenvalue weighted by atomic mass is 10.2. The van der Waals surface area contributed by atoms with Gasteiger partial charge in [0.1, 0.15) is 6.54 Å². The van der Waals surface area contributed by atoms with Crippen LogP contribution in [0.2, 0.25) is 0 Å². The average Bonchev–Trinajstić information content (AvgIpc) is 3.28. The highest BCUT2D eigenvalue weighted by Crippen LogP contribution is 2.17. The topological polar surface area (TPSA) is 130 Å². The van der Waals surface area contributed by atoms with Crippen LogP contribution in [-0.2, 0) is 6.54 Å². The Hall–Kier alpha value is -3.82. The minimum absolute atomic E-state index is 0.0157. The number of fused-ring (bicyclic) bond motifs is 1. The molecule has 0 amide bonds. The van der Waals surface area contributed by atoms with Gasteiger partial charge in [-0.15, -0.1) is 0 Å². The van der Waals surface area contributed by atoms with E-state index in [9.17, 15) is 14.9 Å². The molecule has 0 saturated heterocycles. The lowest BCUT2D eigenvalue weighted by Crippen LogP contribution is -2.21. The van der Waals surface area contributed by atoms with Crippen LogP contribution in [0.1, 0.15) is 5.89 Å². The van der Waals surface area contributed by atoms with E-state index < -0.39 is 10.5 Å². The molecule has 0 aliphatic carbocycles. The molecule has 4 aromatic rings. The molecule has 0 N–H and O–H groups in total. The number of nitrogens with zero attached hydrogens (tertiary/aromatic N) is 5. The van der Waals surface area contributed by atoms with Gasteiger partial charge in [-0.1, -0.05) is 5.16 Å². The zero-order valence-electron chi connectivity index (χ0n) is 12.5. The molecular formula is C15H9N5O5. The molecule has 124 valence electrons. The quantitative estimate of drug-likeness (QED) is 0.407. The highest BCUT2D eigenvalue weighted by Gasteiger charge is 2.14. The molecule has 0 bridgehead atoms. The molecule has 25 heavy (non-hydrogen) atoms. The third kappa shape index (κ3) is 2.65. The number of hydrogen-bond acceptors (Lipinski definition) is 8. The van der Waals surface area contributed by atoms with Crippen molar-refractivity contribution < 1.29 is 13.9 Å². The van der Waals surface area contributed by atoms with Crippen LogP contribution in [0, 0.1) is 10.1 Å². The third-order valence-electron chi connectivity index (χ3n) is 3.53. The summed E-state index contributed by atoms with van der Waals surface area (Å²) in [5.41, 5.74) is -0.248. The smallest absolute Gasteiger partial charge is 0.270 e. The van der Waals surface area contributed by atoms with E-state index in [2.05, 4.69) is 15.1 Å². The molecule has 1 aromatic carbocycles. The van der Waals surface area contributed by atoms with E-state index in [0.717, 1.165) is 0 Å². The van der Waals surface area contributed by atoms with E-state index in [1.807, 2.05) is 0 Å². The Labute approximate surface area is 138 Å². The van der Waals surface area contributed by atoms with Gasteiger partial charge < -0.3 is 8.94 Å². The molecule has 10 nitrogen and oxygen atoms in total. The van der Waals surface area contributed by atoms with Gasteiger partial charge in [0.15, 0.2) is 5.76 Å². The number of benzene rings is 1. The van der Waals surface area contributed by atoms with E-state index in [0.29, 0.717) is 11.3 Å². The van der Waals surface area contributed by atoms with Crippen LogP contribution in [-0.4, -0.2) is 24.6 Å². The molecule has 3 aromatic heterocycles. The predicted octanol–water partition coefficient (Wildman–Crippen LogP) is 2.00. The van der Waals surface area contributed by atoms with Crippen LogP contribution in [0.3, 0.4) is 0 Å². The monoisotopic (exact) mass is 339 g/mol. The number of non-ortho nitro benzene ring substituents is 1. The maximum Gasteiger partial charge on any atom is 0.270 e. The zero-order valence-corrected chi connectivity index (χ0v) is 12.5. The van der Waals surface area contributed by atoms with Crippen LogP contribution in [0.25, 0.3) is 22.5 Å². The molecule has 0 saturated carbocycles. The fraction of sp³-hybridized carbons (Fsp3) is 0.0667. The molecule has 0 atom stereocenters. The predicted molar refractivity (Wildman–Crippen MR) is 83.8 cm³/mol. The van der Waals surface area contributed by atoms with Crippen molar-refractivity contribution in [1.82, 2.24) is 19.7 Å². The van der Waals surface area contributed by atoms with Gasteiger partial charge in [0.05, 0.1) is 28.4 Å². The number of nitro groups is 1. The molecule has 0 aliphatic heterocycles. The Bertz CT molecular complexity index is 1130. The van der Waals surface area contributed by atoms with E-state index in [1.165, 1.54) is 35.4 Å². The van der Waals surface area contributed by atoms with Crippen LogP contribution in [0.4, 0.5) is 5.69 Å². The maximum absolute atomic E-state index is 12.5. The summed E-state index contributed by atoms with van der Waals surface area (Å²) in [5, 5.41) is 14.8. The number of nitro benzene ring substituents is 1. The first-order chi connectivity index (χ1) is 12.1. The van der Waals surface area contributed by atoms with Crippen LogP contribution < -0.4 is 5.56 Å². The zero-order chi connectivity index (χ0) is 17.4. The van der Waals surface area contributed by atoms with Crippen LogP contribution in [0.15, 0.2) is 56.7 Å². The molecule has 0 spiro atoms. The Kier molecular flexibility index (Phi) is 3.35. The lowest BCUT2D eigenvalue weighted by Gasteiger charge is -2.03. The van der Waals surface area contributed by atoms with Crippen molar-refractivity contribution in [1.29, 1.82) is 0 Å². The van der Waals surface area contributed by atoms with Crippen molar-refractivity contribution >= 4 is 16.6 Å². The Morgan fingerprint density at radius 2 is 2.16 bits per heavy atom. The summed E-state index contributed by atoms with van der Waals surface area (Å²) >= 11 is 0. The molecule has 0 fully saturated rings. The van der Waals surface area contributed by atoms with Gasteiger partial charge in [0, 0.05) is 12.1 Å². The van der Waals surface area contributed by atoms with Crippen LogP contribution in [0.5, 0.6) is 0 Å². The minimum atomic E-state index is -0.566. The Morgan fingerprint density at radius 1 is 1.28 bits per heavy atom. The van der Waals surface area contributed by atoms with Gasteiger partial charge in [-0.2, -0.15) is 4.98 Å². The Balaban J connectivity index is 1.71. The highest BCUT2D eigenvalue weighted by molar-refractivity contribution is 5.79. The second kappa shape index (κ2) is 5.67. The maximum atomic E-state index is 12.5. The highest BCUT2D eigenvalue weighted by atomic mass is 16.6. The summed E-state index contributed by atoms with van der Waals surface area (Å²) < 4.78 is 11.5. The van der Waals surface area contributed by atoms with Gasteiger partial charge >= 0.3 is 0 Å². The second-order valence-electron chi connectivity index (χ2n) is 5.13. The molecule has 3 heterocycles. The second-order valence-corrected chi connectivity index (χ2v) is 5.13. The normalized spacial score (nSPS) is 11.0. The first-order valence-corrected chi connectivity index (χ1v) is 7.12. The first-order valence-electron chi connectivity index (χ1n) is 7.12. The van der Waals surface area contributed by atoms with Gasteiger partial charge in [-0.25, -0.2) is 4.98 Å². The molecule has 0 aliphatic rings. The summed E-state index contributed by atoms with van der Waals surface area (Å²) in [5.74, 6) is 0.882. The van der Waals surface area contributed by atoms with E-state index in [1.54, 1.807) is 12.1 Å². The molecule has 0 radical (unpaired) electrons. The van der Waals surface area contributed by atoms with Gasteiger partial charge in [-0.05, 0) is 18.2 Å². The van der Waals surface area contributed by atoms with E-state index >= 15 is 0 Å². The number of aromatic nitrogens is 4. The van der Waals surface area contributed by atoms with Crippen molar-refractivity contribution in [2.75, 3.05) is 0 Å². The molecule has 4 rings (SSSR count). The first kappa shape index (κ1) is 14.8. The molecular weight excluding hydrogens is 330 g/mol. The van der Waals surface area contributed by atoms with Crippen molar-refractivity contribution in [3.63, 3.8) is 0 Å². The Morgan fingerprint density at radius 3 is 2.92 bits per heavy atom. The van der Waals surface area contributed by atoms with Crippen molar-refractivity contribution in [2.24, 2.45) is 0 Å². The van der Waals surface area contributed by atoms with E-state index in [-0.39, 0.29) is 29.3 Å². The van der Waals surface area contributed by atoms with Gasteiger partial charge in [0.2, 0.25) is 11.7 Å².